The van der Waals surface area contributed by atoms with E-state index in [1.165, 1.54) is 32.4 Å². The van der Waals surface area contributed by atoms with Gasteiger partial charge in [-0.1, -0.05) is 0 Å². The van der Waals surface area contributed by atoms with Crippen molar-refractivity contribution in [2.45, 2.75) is 0 Å². The average Bonchev–Trinajstić information content (AvgIpc) is 2.47. The molecule has 0 aliphatic rings. The lowest BCUT2D eigenvalue weighted by molar-refractivity contribution is 0.0696. The van der Waals surface area contributed by atoms with Gasteiger partial charge in [0.15, 0.2) is 17.2 Å². The summed E-state index contributed by atoms with van der Waals surface area (Å²) in [5.41, 5.74) is 0.0932. The molecule has 0 unspecified atom stereocenters. The van der Waals surface area contributed by atoms with Gasteiger partial charge >= 0.3 is 5.97 Å². The van der Waals surface area contributed by atoms with Gasteiger partial charge in [-0.15, -0.1) is 0 Å². The van der Waals surface area contributed by atoms with E-state index in [4.69, 9.17) is 19.3 Å². The van der Waals surface area contributed by atoms with E-state index >= 15 is 0 Å². The molecule has 0 atom stereocenters. The third kappa shape index (κ3) is 2.80. The molecular formula is C14H13NO5. The Balaban J connectivity index is 2.41. The van der Waals surface area contributed by atoms with E-state index < -0.39 is 5.97 Å². The van der Waals surface area contributed by atoms with Crippen molar-refractivity contribution < 1.29 is 24.1 Å². The van der Waals surface area contributed by atoms with Crippen molar-refractivity contribution >= 4 is 5.97 Å². The number of ether oxygens (including phenoxy) is 3. The predicted octanol–water partition coefficient (Wildman–Crippen LogP) is 2.59. The molecule has 1 aromatic heterocycles. The number of nitrogens with zero attached hydrogens (tertiary/aromatic N) is 1. The summed E-state index contributed by atoms with van der Waals surface area (Å²) >= 11 is 0. The van der Waals surface area contributed by atoms with Gasteiger partial charge in [-0.25, -0.2) is 9.78 Å². The SMILES string of the molecule is COc1ccc(C(=O)O)cc1Oc1ncccc1OC. The average molecular weight is 275 g/mol. The highest BCUT2D eigenvalue weighted by Crippen LogP contribution is 2.35. The summed E-state index contributed by atoms with van der Waals surface area (Å²) in [6, 6.07) is 7.72. The van der Waals surface area contributed by atoms with Crippen LogP contribution in [0.1, 0.15) is 10.4 Å². The number of carboxylic acids is 1. The van der Waals surface area contributed by atoms with Gasteiger partial charge in [0.1, 0.15) is 0 Å². The van der Waals surface area contributed by atoms with Crippen molar-refractivity contribution in [3.63, 3.8) is 0 Å². The molecule has 104 valence electrons. The molecule has 6 heteroatoms. The fraction of sp³-hybridized carbons (Fsp3) is 0.143. The minimum Gasteiger partial charge on any atom is -0.493 e. The number of benzene rings is 1. The van der Waals surface area contributed by atoms with Crippen LogP contribution in [0.15, 0.2) is 36.5 Å². The van der Waals surface area contributed by atoms with Crippen LogP contribution in [0.5, 0.6) is 23.1 Å². The number of aromatic carboxylic acids is 1. The molecule has 1 heterocycles. The van der Waals surface area contributed by atoms with Crippen LogP contribution in [-0.4, -0.2) is 30.3 Å². The zero-order chi connectivity index (χ0) is 14.5. The molecular weight excluding hydrogens is 262 g/mol. The second-order valence-corrected chi connectivity index (χ2v) is 3.78. The molecule has 0 fully saturated rings. The van der Waals surface area contributed by atoms with Crippen LogP contribution < -0.4 is 14.2 Å². The molecule has 0 saturated heterocycles. The van der Waals surface area contributed by atoms with Crippen LogP contribution in [0.4, 0.5) is 0 Å². The Kier molecular flexibility index (Phi) is 4.05. The Hall–Kier alpha value is -2.76. The van der Waals surface area contributed by atoms with Gasteiger partial charge in [-0.3, -0.25) is 0 Å². The molecule has 0 saturated carbocycles. The second-order valence-electron chi connectivity index (χ2n) is 3.78. The number of carbonyl (C=O) groups is 1. The Morgan fingerprint density at radius 2 is 1.85 bits per heavy atom. The molecule has 6 nitrogen and oxygen atoms in total. The zero-order valence-electron chi connectivity index (χ0n) is 11.0. The maximum atomic E-state index is 11.0. The van der Waals surface area contributed by atoms with Crippen LogP contribution in [-0.2, 0) is 0 Å². The maximum Gasteiger partial charge on any atom is 0.335 e. The number of hydrogen-bond donors (Lipinski definition) is 1. The van der Waals surface area contributed by atoms with Crippen LogP contribution in [0.25, 0.3) is 0 Å². The first-order valence-electron chi connectivity index (χ1n) is 5.74. The summed E-state index contributed by atoms with van der Waals surface area (Å²) in [4.78, 5) is 15.0. The summed E-state index contributed by atoms with van der Waals surface area (Å²) in [6.45, 7) is 0. The van der Waals surface area contributed by atoms with E-state index in [0.717, 1.165) is 0 Å². The van der Waals surface area contributed by atoms with Gasteiger partial charge in [-0.05, 0) is 30.3 Å². The fourth-order valence-corrected chi connectivity index (χ4v) is 1.60. The van der Waals surface area contributed by atoms with Gasteiger partial charge in [-0.2, -0.15) is 0 Å². The Morgan fingerprint density at radius 3 is 2.50 bits per heavy atom. The van der Waals surface area contributed by atoms with Crippen LogP contribution in [0.3, 0.4) is 0 Å². The van der Waals surface area contributed by atoms with Crippen molar-refractivity contribution in [3.8, 4) is 23.1 Å². The zero-order valence-corrected chi connectivity index (χ0v) is 11.0. The van der Waals surface area contributed by atoms with E-state index in [2.05, 4.69) is 4.98 Å². The van der Waals surface area contributed by atoms with Crippen LogP contribution in [0.2, 0.25) is 0 Å². The monoisotopic (exact) mass is 275 g/mol. The Labute approximate surface area is 115 Å². The fourth-order valence-electron chi connectivity index (χ4n) is 1.60. The number of hydrogen-bond acceptors (Lipinski definition) is 5. The molecule has 2 aromatic rings. The molecule has 0 aliphatic carbocycles. The molecule has 1 N–H and O–H groups in total. The normalized spacial score (nSPS) is 9.90. The van der Waals surface area contributed by atoms with E-state index in [1.54, 1.807) is 18.3 Å². The standard InChI is InChI=1S/C14H13NO5/c1-18-10-6-5-9(14(16)17)8-12(10)20-13-11(19-2)4-3-7-15-13/h3-8H,1-2H3,(H,16,17). The number of methoxy groups -OCH3 is 2. The Bertz CT molecular complexity index is 627. The predicted molar refractivity (Wildman–Crippen MR) is 70.8 cm³/mol. The molecule has 1 aromatic carbocycles. The molecule has 2 rings (SSSR count). The number of carboxylic acid groups (broad SMARTS) is 1. The summed E-state index contributed by atoms with van der Waals surface area (Å²) < 4.78 is 15.9. The number of rotatable bonds is 5. The summed E-state index contributed by atoms with van der Waals surface area (Å²) in [5, 5.41) is 9.00. The lowest BCUT2D eigenvalue weighted by Gasteiger charge is -2.12. The minimum atomic E-state index is -1.05. The summed E-state index contributed by atoms with van der Waals surface area (Å²) in [5.74, 6) is 0.281. The highest BCUT2D eigenvalue weighted by molar-refractivity contribution is 5.88. The van der Waals surface area contributed by atoms with E-state index in [-0.39, 0.29) is 17.2 Å². The highest BCUT2D eigenvalue weighted by Gasteiger charge is 2.13. The summed E-state index contributed by atoms with van der Waals surface area (Å²) in [6.07, 6.45) is 1.55. The van der Waals surface area contributed by atoms with E-state index in [1.807, 2.05) is 0 Å². The Morgan fingerprint density at radius 1 is 1.10 bits per heavy atom. The highest BCUT2D eigenvalue weighted by atomic mass is 16.5. The number of aromatic nitrogens is 1. The van der Waals surface area contributed by atoms with Gasteiger partial charge in [0, 0.05) is 6.20 Å². The van der Waals surface area contributed by atoms with Crippen LogP contribution in [0, 0.1) is 0 Å². The summed E-state index contributed by atoms with van der Waals surface area (Å²) in [7, 11) is 2.97. The first-order chi connectivity index (χ1) is 9.65. The third-order valence-electron chi connectivity index (χ3n) is 2.57. The molecule has 20 heavy (non-hydrogen) atoms. The first-order valence-corrected chi connectivity index (χ1v) is 5.74. The smallest absolute Gasteiger partial charge is 0.335 e. The molecule has 0 spiro atoms. The lowest BCUT2D eigenvalue weighted by atomic mass is 10.2. The minimum absolute atomic E-state index is 0.0932. The molecule has 0 radical (unpaired) electrons. The quantitative estimate of drug-likeness (QED) is 0.903. The van der Waals surface area contributed by atoms with Crippen LogP contribution >= 0.6 is 0 Å². The van der Waals surface area contributed by atoms with Crippen molar-refractivity contribution in [1.82, 2.24) is 4.98 Å². The largest absolute Gasteiger partial charge is 0.493 e. The van der Waals surface area contributed by atoms with E-state index in [0.29, 0.717) is 11.5 Å². The lowest BCUT2D eigenvalue weighted by Crippen LogP contribution is -1.99. The van der Waals surface area contributed by atoms with Gasteiger partial charge < -0.3 is 19.3 Å². The second kappa shape index (κ2) is 5.92. The third-order valence-corrected chi connectivity index (χ3v) is 2.57. The topological polar surface area (TPSA) is 77.9 Å². The van der Waals surface area contributed by atoms with Gasteiger partial charge in [0.25, 0.3) is 5.88 Å². The van der Waals surface area contributed by atoms with Crippen molar-refractivity contribution in [1.29, 1.82) is 0 Å². The van der Waals surface area contributed by atoms with Gasteiger partial charge in [0.05, 0.1) is 19.8 Å². The maximum absolute atomic E-state index is 11.0. The molecule has 0 amide bonds. The first kappa shape index (κ1) is 13.7. The number of pyridine rings is 1. The van der Waals surface area contributed by atoms with Crippen molar-refractivity contribution in [3.05, 3.63) is 42.1 Å². The molecule has 0 bridgehead atoms. The molecule has 0 aliphatic heterocycles. The van der Waals surface area contributed by atoms with Gasteiger partial charge in [0.2, 0.25) is 0 Å². The van der Waals surface area contributed by atoms with Crippen molar-refractivity contribution in [2.75, 3.05) is 14.2 Å². The van der Waals surface area contributed by atoms with E-state index in [9.17, 15) is 4.79 Å². The van der Waals surface area contributed by atoms with Crippen molar-refractivity contribution in [2.24, 2.45) is 0 Å².